The van der Waals surface area contributed by atoms with Gasteiger partial charge in [-0.3, -0.25) is 4.79 Å². The van der Waals surface area contributed by atoms with Crippen LogP contribution in [0.5, 0.6) is 0 Å². The van der Waals surface area contributed by atoms with E-state index in [0.29, 0.717) is 10.3 Å². The van der Waals surface area contributed by atoms with Gasteiger partial charge in [-0.05, 0) is 0 Å². The quantitative estimate of drug-likeness (QED) is 0.441. The molecule has 1 heterocycles. The number of hydrogen-bond acceptors (Lipinski definition) is 3. The number of alkyl halides is 5. The van der Waals surface area contributed by atoms with E-state index in [1.165, 1.54) is 24.3 Å². The fourth-order valence-electron chi connectivity index (χ4n) is 3.78. The second-order valence-corrected chi connectivity index (χ2v) is 11.1. The van der Waals surface area contributed by atoms with E-state index in [1.54, 1.807) is 6.92 Å². The van der Waals surface area contributed by atoms with Gasteiger partial charge < -0.3 is 5.73 Å². The third-order valence-corrected chi connectivity index (χ3v) is 6.97. The molecule has 0 fully saturated rings. The van der Waals surface area contributed by atoms with Crippen molar-refractivity contribution < 1.29 is 36.3 Å². The van der Waals surface area contributed by atoms with Crippen molar-refractivity contribution >= 4 is 83.2 Å². The SMILES string of the molecule is Cc1ccc2c(c1)/C(=C/C(=O)NCC(N)=O)C(F)(F)CCN2C(=O)c1cc[c]([Rb])cc1C(F)(F)F. The van der Waals surface area contributed by atoms with Gasteiger partial charge in [0, 0.05) is 0 Å². The number of allylic oxidation sites excluding steroid dienone is 1. The number of benzene rings is 2. The molecule has 0 saturated heterocycles. The molecule has 0 bridgehead atoms. The topological polar surface area (TPSA) is 92.5 Å². The predicted octanol–water partition coefficient (Wildman–Crippen LogP) is 2.48. The van der Waals surface area contributed by atoms with Gasteiger partial charge >= 0.3 is 216 Å². The summed E-state index contributed by atoms with van der Waals surface area (Å²) in [6, 6.07) is 7.63. The van der Waals surface area contributed by atoms with E-state index in [0.717, 1.165) is 17.0 Å². The maximum atomic E-state index is 15.2. The first-order chi connectivity index (χ1) is 16.2. The molecule has 0 atom stereocenters. The van der Waals surface area contributed by atoms with Crippen LogP contribution in [0.2, 0.25) is 0 Å². The van der Waals surface area contributed by atoms with Gasteiger partial charge in [0.1, 0.15) is 0 Å². The van der Waals surface area contributed by atoms with E-state index in [2.05, 4.69) is 5.32 Å². The van der Waals surface area contributed by atoms with Crippen LogP contribution < -0.4 is 14.6 Å². The fourth-order valence-corrected chi connectivity index (χ4v) is 4.90. The fraction of sp³-hybridized carbons (Fsp3) is 0.261. The van der Waals surface area contributed by atoms with E-state index in [9.17, 15) is 27.6 Å². The predicted molar refractivity (Wildman–Crippen MR) is 119 cm³/mol. The number of carbonyl (C=O) groups is 3. The van der Waals surface area contributed by atoms with Gasteiger partial charge in [-0.1, -0.05) is 0 Å². The molecule has 3 N–H and O–H groups in total. The van der Waals surface area contributed by atoms with Gasteiger partial charge in [-0.25, -0.2) is 0 Å². The summed E-state index contributed by atoms with van der Waals surface area (Å²) < 4.78 is 72.0. The zero-order chi connectivity index (χ0) is 26.1. The van der Waals surface area contributed by atoms with Crippen molar-refractivity contribution in [2.45, 2.75) is 25.4 Å². The number of amides is 3. The van der Waals surface area contributed by atoms with E-state index in [-0.39, 0.29) is 66.8 Å². The molecular formula is C23H19F5N3O3Rb. The Kier molecular flexibility index (Phi) is 8.35. The van der Waals surface area contributed by atoms with Crippen molar-refractivity contribution in [3.8, 4) is 0 Å². The van der Waals surface area contributed by atoms with Gasteiger partial charge in [0.05, 0.1) is 6.54 Å². The van der Waals surface area contributed by atoms with Crippen molar-refractivity contribution in [3.63, 3.8) is 0 Å². The van der Waals surface area contributed by atoms with Gasteiger partial charge in [0.2, 0.25) is 5.91 Å². The third kappa shape index (κ3) is 6.44. The zero-order valence-electron chi connectivity index (χ0n) is 18.8. The number of primary amides is 1. The summed E-state index contributed by atoms with van der Waals surface area (Å²) in [5, 5.41) is 2.10. The summed E-state index contributed by atoms with van der Waals surface area (Å²) in [5.41, 5.74) is 2.78. The average molecular weight is 566 g/mol. The van der Waals surface area contributed by atoms with Gasteiger partial charge in [-0.2, -0.15) is 0 Å². The van der Waals surface area contributed by atoms with Crippen LogP contribution in [0.3, 0.4) is 0 Å². The van der Waals surface area contributed by atoms with Crippen LogP contribution in [0.4, 0.5) is 27.6 Å². The summed E-state index contributed by atoms with van der Waals surface area (Å²) in [7, 11) is 0. The number of carbonyl (C=O) groups excluding carboxylic acids is 3. The second-order valence-electron chi connectivity index (χ2n) is 8.22. The number of nitrogens with two attached hydrogens (primary N) is 1. The van der Waals surface area contributed by atoms with Crippen molar-refractivity contribution in [2.24, 2.45) is 5.73 Å². The number of nitrogens with one attached hydrogen (secondary N) is 1. The molecule has 3 amide bonds. The average Bonchev–Trinajstić information content (AvgIpc) is 2.85. The van der Waals surface area contributed by atoms with Gasteiger partial charge in [0.25, 0.3) is 0 Å². The number of anilines is 1. The molecule has 6 nitrogen and oxygen atoms in total. The van der Waals surface area contributed by atoms with Crippen LogP contribution >= 0.6 is 0 Å². The second kappa shape index (κ2) is 10.6. The van der Waals surface area contributed by atoms with Crippen LogP contribution in [0.25, 0.3) is 5.57 Å². The molecule has 3 rings (SSSR count). The number of halogens is 5. The van der Waals surface area contributed by atoms with Gasteiger partial charge in [-0.15, -0.1) is 0 Å². The van der Waals surface area contributed by atoms with Crippen LogP contribution in [0.1, 0.15) is 33.5 Å². The van der Waals surface area contributed by atoms with E-state index < -0.39 is 66.0 Å². The summed E-state index contributed by atoms with van der Waals surface area (Å²) in [4.78, 5) is 37.3. The van der Waals surface area contributed by atoms with Crippen LogP contribution in [0.15, 0.2) is 42.5 Å². The molecule has 0 aliphatic carbocycles. The summed E-state index contributed by atoms with van der Waals surface area (Å²) in [5.74, 6) is -6.56. The molecular weight excluding hydrogens is 547 g/mol. The maximum absolute atomic E-state index is 15.2. The van der Waals surface area contributed by atoms with E-state index >= 15 is 8.78 Å². The first-order valence-corrected chi connectivity index (χ1v) is 12.9. The molecule has 0 unspecified atom stereocenters. The van der Waals surface area contributed by atoms with Crippen LogP contribution in [-0.2, 0) is 15.8 Å². The Morgan fingerprint density at radius 2 is 1.86 bits per heavy atom. The Bertz CT molecular complexity index is 1230. The number of fused-ring (bicyclic) bond motifs is 1. The molecule has 0 radical (unpaired) electrons. The van der Waals surface area contributed by atoms with E-state index in [1.807, 2.05) is 0 Å². The molecule has 12 heteroatoms. The minimum absolute atomic E-state index is 0.0559. The monoisotopic (exact) mass is 565 g/mol. The molecule has 2 aromatic rings. The Hall–Kier alpha value is -1.95. The normalized spacial score (nSPS) is 16.5. The molecule has 35 heavy (non-hydrogen) atoms. The van der Waals surface area contributed by atoms with Crippen LogP contribution in [-0.4, -0.2) is 92.3 Å². The summed E-state index contributed by atoms with van der Waals surface area (Å²) in [6.45, 7) is 0.442. The molecule has 2 aromatic carbocycles. The van der Waals surface area contributed by atoms with Crippen molar-refractivity contribution in [1.82, 2.24) is 5.32 Å². The first kappa shape index (κ1) is 27.6. The Balaban J connectivity index is 2.16. The molecule has 1 aliphatic heterocycles. The molecule has 0 aromatic heterocycles. The van der Waals surface area contributed by atoms with Crippen molar-refractivity contribution in [2.75, 3.05) is 18.0 Å². The Morgan fingerprint density at radius 1 is 1.17 bits per heavy atom. The Labute approximate surface area is 236 Å². The third-order valence-electron chi connectivity index (χ3n) is 5.44. The standard InChI is InChI=1S/C23H19F5N3O3.Rb/c1-13-6-7-18-15(10-13)17(11-20(33)30-12-19(29)32)22(24,25)8-9-31(18)21(34)14-4-2-3-5-16(14)23(26,27)28;/h2,4-7,10-11H,8-9,12H2,1H3,(H2,29,32)(H,30,33);/b17-11-;. The number of nitrogens with zero attached hydrogens (tertiary/aromatic N) is 1. The molecule has 1 aliphatic rings. The van der Waals surface area contributed by atoms with E-state index in [4.69, 9.17) is 5.73 Å². The molecule has 0 saturated carbocycles. The Morgan fingerprint density at radius 3 is 2.49 bits per heavy atom. The zero-order valence-corrected chi connectivity index (χ0v) is 23.7. The molecule has 0 spiro atoms. The van der Waals surface area contributed by atoms with Crippen molar-refractivity contribution in [1.29, 1.82) is 0 Å². The number of aryl methyl sites for hydroxylation is 1. The van der Waals surface area contributed by atoms with Crippen LogP contribution in [0, 0.1) is 6.92 Å². The first-order valence-electron chi connectivity index (χ1n) is 10.5. The summed E-state index contributed by atoms with van der Waals surface area (Å²) in [6.07, 6.45) is -5.13. The number of rotatable bonds is 4. The van der Waals surface area contributed by atoms with Gasteiger partial charge in [0.15, 0.2) is 0 Å². The minimum atomic E-state index is -4.81. The van der Waals surface area contributed by atoms with Crippen molar-refractivity contribution in [3.05, 3.63) is 64.7 Å². The summed E-state index contributed by atoms with van der Waals surface area (Å²) >= 11 is -0.253. The number of hydrogen-bond donors (Lipinski definition) is 2. The molecule has 180 valence electrons.